The third-order valence-electron chi connectivity index (χ3n) is 3.75. The van der Waals surface area contributed by atoms with Crippen LogP contribution in [0.15, 0.2) is 29.6 Å². The predicted octanol–water partition coefficient (Wildman–Crippen LogP) is 4.21. The molecule has 0 aliphatic heterocycles. The van der Waals surface area contributed by atoms with Crippen LogP contribution in [0.1, 0.15) is 37.3 Å². The van der Waals surface area contributed by atoms with Crippen LogP contribution in [0.25, 0.3) is 11.3 Å². The van der Waals surface area contributed by atoms with Crippen molar-refractivity contribution >= 4 is 17.2 Å². The molecule has 0 radical (unpaired) electrons. The van der Waals surface area contributed by atoms with Crippen LogP contribution in [0.4, 0.5) is 0 Å². The van der Waals surface area contributed by atoms with Crippen LogP contribution >= 0.6 is 11.3 Å². The number of thiazole rings is 1. The number of hydrogen-bond acceptors (Lipinski definition) is 3. The second-order valence-corrected chi connectivity index (χ2v) is 6.74. The van der Waals surface area contributed by atoms with E-state index in [9.17, 15) is 4.79 Å². The number of aromatic nitrogens is 1. The molecule has 2 aromatic rings. The highest BCUT2D eigenvalue weighted by Gasteiger charge is 2.10. The van der Waals surface area contributed by atoms with Crippen molar-refractivity contribution < 1.29 is 4.79 Å². The molecule has 1 aromatic heterocycles. The molecule has 2 rings (SSSR count). The number of nitrogens with zero attached hydrogens (tertiary/aromatic N) is 1. The Morgan fingerprint density at radius 2 is 2.05 bits per heavy atom. The van der Waals surface area contributed by atoms with Crippen LogP contribution in [-0.4, -0.2) is 17.4 Å². The van der Waals surface area contributed by atoms with Crippen molar-refractivity contribution in [1.82, 2.24) is 10.3 Å². The molecule has 1 N–H and O–H groups in total. The molecule has 0 saturated carbocycles. The Labute approximate surface area is 136 Å². The summed E-state index contributed by atoms with van der Waals surface area (Å²) in [4.78, 5) is 16.3. The van der Waals surface area contributed by atoms with E-state index in [4.69, 9.17) is 0 Å². The molecule has 4 heteroatoms. The third kappa shape index (κ3) is 4.67. The molecule has 0 aliphatic carbocycles. The molecular formula is C18H24N2OS. The third-order valence-corrected chi connectivity index (χ3v) is 4.52. The summed E-state index contributed by atoms with van der Waals surface area (Å²) in [5, 5.41) is 6.18. The first-order chi connectivity index (χ1) is 10.6. The molecule has 1 amide bonds. The lowest BCUT2D eigenvalue weighted by molar-refractivity contribution is -0.124. The fourth-order valence-electron chi connectivity index (χ4n) is 2.41. The molecule has 1 heterocycles. The van der Waals surface area contributed by atoms with E-state index in [0.717, 1.165) is 35.5 Å². The summed E-state index contributed by atoms with van der Waals surface area (Å²) in [6.07, 6.45) is 2.86. The minimum atomic E-state index is 0.111. The molecule has 0 saturated heterocycles. The van der Waals surface area contributed by atoms with Crippen molar-refractivity contribution in [1.29, 1.82) is 0 Å². The average Bonchev–Trinajstić information content (AvgIpc) is 2.94. The van der Waals surface area contributed by atoms with E-state index in [1.54, 1.807) is 11.3 Å². The van der Waals surface area contributed by atoms with Gasteiger partial charge in [0, 0.05) is 23.4 Å². The van der Waals surface area contributed by atoms with Crippen molar-refractivity contribution in [2.45, 2.75) is 40.0 Å². The van der Waals surface area contributed by atoms with Crippen LogP contribution < -0.4 is 5.32 Å². The molecule has 1 aromatic carbocycles. The highest BCUT2D eigenvalue weighted by atomic mass is 32.1. The van der Waals surface area contributed by atoms with E-state index >= 15 is 0 Å². The Kier molecular flexibility index (Phi) is 6.13. The number of benzene rings is 1. The zero-order valence-corrected chi connectivity index (χ0v) is 14.4. The van der Waals surface area contributed by atoms with E-state index in [2.05, 4.69) is 46.9 Å². The maximum absolute atomic E-state index is 11.8. The predicted molar refractivity (Wildman–Crippen MR) is 93.1 cm³/mol. The topological polar surface area (TPSA) is 42.0 Å². The van der Waals surface area contributed by atoms with Gasteiger partial charge in [-0.05, 0) is 25.3 Å². The van der Waals surface area contributed by atoms with Gasteiger partial charge in [-0.2, -0.15) is 0 Å². The van der Waals surface area contributed by atoms with Gasteiger partial charge >= 0.3 is 0 Å². The van der Waals surface area contributed by atoms with Crippen LogP contribution in [0.2, 0.25) is 0 Å². The van der Waals surface area contributed by atoms with Gasteiger partial charge in [0.25, 0.3) is 0 Å². The largest absolute Gasteiger partial charge is 0.356 e. The second kappa shape index (κ2) is 8.08. The molecular weight excluding hydrogens is 292 g/mol. The van der Waals surface area contributed by atoms with Gasteiger partial charge in [-0.1, -0.05) is 44.5 Å². The van der Waals surface area contributed by atoms with Crippen molar-refractivity contribution in [3.05, 3.63) is 40.2 Å². The van der Waals surface area contributed by atoms with Crippen LogP contribution in [-0.2, 0) is 11.2 Å². The molecule has 0 spiro atoms. The lowest BCUT2D eigenvalue weighted by Crippen LogP contribution is -2.30. The Morgan fingerprint density at radius 3 is 2.64 bits per heavy atom. The van der Waals surface area contributed by atoms with Crippen molar-refractivity contribution in [3.63, 3.8) is 0 Å². The van der Waals surface area contributed by atoms with Crippen molar-refractivity contribution in [3.8, 4) is 11.3 Å². The first-order valence-corrected chi connectivity index (χ1v) is 8.77. The molecule has 1 unspecified atom stereocenters. The van der Waals surface area contributed by atoms with Gasteiger partial charge in [-0.15, -0.1) is 11.3 Å². The van der Waals surface area contributed by atoms with Crippen LogP contribution in [0.3, 0.4) is 0 Å². The molecule has 0 bridgehead atoms. The molecule has 3 nitrogen and oxygen atoms in total. The van der Waals surface area contributed by atoms with E-state index in [1.165, 1.54) is 5.56 Å². The van der Waals surface area contributed by atoms with E-state index < -0.39 is 0 Å². The summed E-state index contributed by atoms with van der Waals surface area (Å²) < 4.78 is 0. The summed E-state index contributed by atoms with van der Waals surface area (Å²) >= 11 is 1.67. The van der Waals surface area contributed by atoms with Crippen LogP contribution in [0, 0.1) is 12.8 Å². The number of carbonyl (C=O) groups is 1. The van der Waals surface area contributed by atoms with Gasteiger partial charge in [0.15, 0.2) is 0 Å². The fraction of sp³-hybridized carbons (Fsp3) is 0.444. The monoisotopic (exact) mass is 316 g/mol. The van der Waals surface area contributed by atoms with Crippen molar-refractivity contribution in [2.24, 2.45) is 5.92 Å². The minimum absolute atomic E-state index is 0.111. The second-order valence-electron chi connectivity index (χ2n) is 5.68. The first-order valence-electron chi connectivity index (χ1n) is 7.89. The van der Waals surface area contributed by atoms with Gasteiger partial charge in [0.1, 0.15) is 0 Å². The summed E-state index contributed by atoms with van der Waals surface area (Å²) in [7, 11) is 0. The minimum Gasteiger partial charge on any atom is -0.356 e. The fourth-order valence-corrected chi connectivity index (χ4v) is 3.03. The quantitative estimate of drug-likeness (QED) is 0.831. The van der Waals surface area contributed by atoms with Gasteiger partial charge in [0.2, 0.25) is 5.91 Å². The van der Waals surface area contributed by atoms with Gasteiger partial charge < -0.3 is 5.32 Å². The number of carbonyl (C=O) groups excluding carboxylic acids is 1. The SMILES string of the molecule is CCCC(C)C(=O)NCCc1ccc(-c2csc(C)n2)cc1. The lowest BCUT2D eigenvalue weighted by atomic mass is 10.0. The number of hydrogen-bond donors (Lipinski definition) is 1. The normalized spacial score (nSPS) is 12.1. The number of aryl methyl sites for hydroxylation is 1. The zero-order valence-electron chi connectivity index (χ0n) is 13.6. The Morgan fingerprint density at radius 1 is 1.32 bits per heavy atom. The molecule has 0 fully saturated rings. The Bertz CT molecular complexity index is 604. The molecule has 118 valence electrons. The highest BCUT2D eigenvalue weighted by Crippen LogP contribution is 2.21. The van der Waals surface area contributed by atoms with Gasteiger partial charge in [-0.3, -0.25) is 4.79 Å². The Hall–Kier alpha value is -1.68. The molecule has 22 heavy (non-hydrogen) atoms. The standard InChI is InChI=1S/C18H24N2OS/c1-4-5-13(2)18(21)19-11-10-15-6-8-16(9-7-15)17-12-22-14(3)20-17/h6-9,12-13H,4-5,10-11H2,1-3H3,(H,19,21). The first kappa shape index (κ1) is 16.7. The maximum atomic E-state index is 11.8. The summed E-state index contributed by atoms with van der Waals surface area (Å²) in [6, 6.07) is 8.44. The number of amides is 1. The Balaban J connectivity index is 1.83. The van der Waals surface area contributed by atoms with Gasteiger partial charge in [0.05, 0.1) is 10.7 Å². The van der Waals surface area contributed by atoms with Crippen LogP contribution in [0.5, 0.6) is 0 Å². The summed E-state index contributed by atoms with van der Waals surface area (Å²) in [5.74, 6) is 0.275. The number of rotatable bonds is 7. The van der Waals surface area contributed by atoms with E-state index in [1.807, 2.05) is 13.8 Å². The smallest absolute Gasteiger partial charge is 0.222 e. The maximum Gasteiger partial charge on any atom is 0.222 e. The summed E-state index contributed by atoms with van der Waals surface area (Å²) in [5.41, 5.74) is 3.42. The summed E-state index contributed by atoms with van der Waals surface area (Å²) in [6.45, 7) is 6.81. The lowest BCUT2D eigenvalue weighted by Gasteiger charge is -2.11. The van der Waals surface area contributed by atoms with E-state index in [-0.39, 0.29) is 11.8 Å². The molecule has 1 atom stereocenters. The zero-order chi connectivity index (χ0) is 15.9. The van der Waals surface area contributed by atoms with E-state index in [0.29, 0.717) is 6.54 Å². The van der Waals surface area contributed by atoms with Gasteiger partial charge in [-0.25, -0.2) is 4.98 Å². The van der Waals surface area contributed by atoms with Crippen molar-refractivity contribution in [2.75, 3.05) is 6.54 Å². The highest BCUT2D eigenvalue weighted by molar-refractivity contribution is 7.09. The molecule has 0 aliphatic rings. The average molecular weight is 316 g/mol. The number of nitrogens with one attached hydrogen (secondary N) is 1.